The van der Waals surface area contributed by atoms with Gasteiger partial charge in [0.05, 0.1) is 15.2 Å². The zero-order chi connectivity index (χ0) is 18.5. The molecule has 2 aromatic heterocycles. The first-order chi connectivity index (χ1) is 13.3. The molecular formula is C19H18N6OS. The van der Waals surface area contributed by atoms with Crippen LogP contribution in [0, 0.1) is 0 Å². The highest BCUT2D eigenvalue weighted by atomic mass is 32.1. The maximum absolute atomic E-state index is 12.1. The molecule has 2 heterocycles. The number of amides is 1. The smallest absolute Gasteiger partial charge is 0.243 e. The van der Waals surface area contributed by atoms with E-state index < -0.39 is 0 Å². The molecule has 0 saturated heterocycles. The molecule has 1 N–H and O–H groups in total. The number of benzene rings is 2. The maximum Gasteiger partial charge on any atom is 0.243 e. The minimum Gasteiger partial charge on any atom is -0.354 e. The normalized spacial score (nSPS) is 11.0. The first kappa shape index (κ1) is 17.3. The lowest BCUT2D eigenvalue weighted by Crippen LogP contribution is -2.29. The van der Waals surface area contributed by atoms with Gasteiger partial charge in [-0.05, 0) is 23.8 Å². The van der Waals surface area contributed by atoms with Gasteiger partial charge < -0.3 is 5.32 Å². The molecule has 0 atom stereocenters. The summed E-state index contributed by atoms with van der Waals surface area (Å²) in [6.45, 7) is 0.649. The van der Waals surface area contributed by atoms with Crippen LogP contribution in [0.3, 0.4) is 0 Å². The largest absolute Gasteiger partial charge is 0.354 e. The second-order valence-corrected chi connectivity index (χ2v) is 7.15. The molecule has 0 fully saturated rings. The van der Waals surface area contributed by atoms with Gasteiger partial charge in [-0.15, -0.1) is 21.5 Å². The summed E-state index contributed by atoms with van der Waals surface area (Å²) >= 11 is 1.70. The molecule has 0 saturated carbocycles. The van der Waals surface area contributed by atoms with Crippen molar-refractivity contribution in [1.29, 1.82) is 0 Å². The van der Waals surface area contributed by atoms with Crippen LogP contribution in [-0.4, -0.2) is 37.6 Å². The molecule has 4 rings (SSSR count). The number of nitrogens with one attached hydrogen (secondary N) is 1. The van der Waals surface area contributed by atoms with E-state index in [9.17, 15) is 4.79 Å². The van der Waals surface area contributed by atoms with E-state index in [0.717, 1.165) is 28.9 Å². The Morgan fingerprint density at radius 3 is 2.74 bits per heavy atom. The number of thiazole rings is 1. The molecule has 0 radical (unpaired) electrons. The predicted molar refractivity (Wildman–Crippen MR) is 104 cm³/mol. The maximum atomic E-state index is 12.1. The predicted octanol–water partition coefficient (Wildman–Crippen LogP) is 2.70. The third kappa shape index (κ3) is 4.35. The van der Waals surface area contributed by atoms with Gasteiger partial charge in [0.25, 0.3) is 0 Å². The molecular weight excluding hydrogens is 360 g/mol. The molecule has 2 aromatic carbocycles. The van der Waals surface area contributed by atoms with E-state index in [1.54, 1.807) is 11.3 Å². The first-order valence-corrected chi connectivity index (χ1v) is 9.54. The van der Waals surface area contributed by atoms with Crippen LogP contribution >= 0.6 is 11.3 Å². The summed E-state index contributed by atoms with van der Waals surface area (Å²) in [5.74, 6) is 0.385. The van der Waals surface area contributed by atoms with Crippen LogP contribution < -0.4 is 5.32 Å². The summed E-state index contributed by atoms with van der Waals surface area (Å²) in [7, 11) is 0. The van der Waals surface area contributed by atoms with Crippen LogP contribution in [-0.2, 0) is 17.8 Å². The van der Waals surface area contributed by atoms with E-state index in [-0.39, 0.29) is 12.5 Å². The molecule has 0 aliphatic heterocycles. The Labute approximate surface area is 160 Å². The monoisotopic (exact) mass is 378 g/mol. The van der Waals surface area contributed by atoms with Gasteiger partial charge in [-0.25, -0.2) is 4.98 Å². The van der Waals surface area contributed by atoms with Crippen LogP contribution in [0.4, 0.5) is 0 Å². The lowest BCUT2D eigenvalue weighted by Gasteiger charge is -2.03. The molecule has 0 aliphatic carbocycles. The van der Waals surface area contributed by atoms with Crippen molar-refractivity contribution in [1.82, 2.24) is 30.5 Å². The summed E-state index contributed by atoms with van der Waals surface area (Å²) in [6.07, 6.45) is 1.69. The molecule has 0 unspecified atom stereocenters. The van der Waals surface area contributed by atoms with Crippen molar-refractivity contribution in [3.05, 3.63) is 59.6 Å². The number of carbonyl (C=O) groups excluding carboxylic acids is 1. The topological polar surface area (TPSA) is 85.6 Å². The van der Waals surface area contributed by atoms with Crippen molar-refractivity contribution in [3.63, 3.8) is 0 Å². The summed E-state index contributed by atoms with van der Waals surface area (Å²) < 4.78 is 1.20. The van der Waals surface area contributed by atoms with Crippen molar-refractivity contribution < 1.29 is 4.79 Å². The van der Waals surface area contributed by atoms with Crippen LogP contribution in [0.2, 0.25) is 0 Å². The molecule has 0 spiro atoms. The van der Waals surface area contributed by atoms with Gasteiger partial charge in [-0.3, -0.25) is 4.79 Å². The number of tetrazole rings is 1. The van der Waals surface area contributed by atoms with Gasteiger partial charge in [-0.1, -0.05) is 42.5 Å². The number of rotatable bonds is 7. The number of fused-ring (bicyclic) bond motifs is 1. The number of para-hydroxylation sites is 1. The standard InChI is InChI=1S/C19H18N6OS/c26-17(13-25-23-19(22-24-25)14-7-2-1-3-8-14)20-12-6-11-18-21-15-9-4-5-10-16(15)27-18/h1-5,7-10H,6,11-13H2,(H,20,26). The number of hydrogen-bond acceptors (Lipinski definition) is 6. The van der Waals surface area contributed by atoms with Gasteiger partial charge >= 0.3 is 0 Å². The molecule has 4 aromatic rings. The number of aromatic nitrogens is 5. The zero-order valence-corrected chi connectivity index (χ0v) is 15.4. The highest BCUT2D eigenvalue weighted by molar-refractivity contribution is 7.18. The quantitative estimate of drug-likeness (QED) is 0.500. The third-order valence-corrected chi connectivity index (χ3v) is 5.09. The highest BCUT2D eigenvalue weighted by Crippen LogP contribution is 2.22. The fourth-order valence-electron chi connectivity index (χ4n) is 2.69. The summed E-state index contributed by atoms with van der Waals surface area (Å²) in [6, 6.07) is 17.7. The van der Waals surface area contributed by atoms with Gasteiger partial charge in [0.1, 0.15) is 6.54 Å². The van der Waals surface area contributed by atoms with E-state index >= 15 is 0 Å². The van der Waals surface area contributed by atoms with E-state index in [1.165, 1.54) is 9.50 Å². The van der Waals surface area contributed by atoms with E-state index in [2.05, 4.69) is 31.8 Å². The Balaban J connectivity index is 1.23. The van der Waals surface area contributed by atoms with Gasteiger partial charge in [-0.2, -0.15) is 4.80 Å². The van der Waals surface area contributed by atoms with Crippen molar-refractivity contribution in [3.8, 4) is 11.4 Å². The van der Waals surface area contributed by atoms with Crippen molar-refractivity contribution in [2.45, 2.75) is 19.4 Å². The molecule has 0 aliphatic rings. The lowest BCUT2D eigenvalue weighted by atomic mass is 10.2. The van der Waals surface area contributed by atoms with Crippen molar-refractivity contribution in [2.75, 3.05) is 6.54 Å². The second kappa shape index (κ2) is 8.05. The fourth-order valence-corrected chi connectivity index (χ4v) is 3.70. The van der Waals surface area contributed by atoms with E-state index in [1.807, 2.05) is 48.5 Å². The van der Waals surface area contributed by atoms with Gasteiger partial charge in [0.2, 0.25) is 11.7 Å². The fraction of sp³-hybridized carbons (Fsp3) is 0.211. The number of carbonyl (C=O) groups is 1. The number of hydrogen-bond donors (Lipinski definition) is 1. The number of aryl methyl sites for hydroxylation is 1. The average molecular weight is 378 g/mol. The Kier molecular flexibility index (Phi) is 5.15. The molecule has 8 heteroatoms. The Morgan fingerprint density at radius 2 is 1.89 bits per heavy atom. The molecule has 1 amide bonds. The average Bonchev–Trinajstić information content (AvgIpc) is 3.32. The van der Waals surface area contributed by atoms with Crippen LogP contribution in [0.1, 0.15) is 11.4 Å². The minimum absolute atomic E-state index is 0.0565. The molecule has 136 valence electrons. The Bertz CT molecular complexity index is 1010. The molecule has 27 heavy (non-hydrogen) atoms. The van der Waals surface area contributed by atoms with Gasteiger partial charge in [0.15, 0.2) is 0 Å². The van der Waals surface area contributed by atoms with Crippen molar-refractivity contribution in [2.24, 2.45) is 0 Å². The van der Waals surface area contributed by atoms with E-state index in [4.69, 9.17) is 0 Å². The van der Waals surface area contributed by atoms with Gasteiger partial charge in [0, 0.05) is 18.5 Å². The van der Waals surface area contributed by atoms with Crippen LogP contribution in [0.5, 0.6) is 0 Å². The third-order valence-electron chi connectivity index (χ3n) is 4.00. The summed E-state index contributed by atoms with van der Waals surface area (Å²) in [4.78, 5) is 18.0. The second-order valence-electron chi connectivity index (χ2n) is 6.04. The Morgan fingerprint density at radius 1 is 1.07 bits per heavy atom. The van der Waals surface area contributed by atoms with Crippen LogP contribution in [0.15, 0.2) is 54.6 Å². The Hall–Kier alpha value is -3.13. The molecule has 0 bridgehead atoms. The lowest BCUT2D eigenvalue weighted by molar-refractivity contribution is -0.122. The minimum atomic E-state index is -0.128. The summed E-state index contributed by atoms with van der Waals surface area (Å²) in [5, 5.41) is 16.2. The van der Waals surface area contributed by atoms with Crippen LogP contribution in [0.25, 0.3) is 21.6 Å². The van der Waals surface area contributed by atoms with Crippen molar-refractivity contribution >= 4 is 27.5 Å². The first-order valence-electron chi connectivity index (χ1n) is 8.72. The van der Waals surface area contributed by atoms with E-state index in [0.29, 0.717) is 12.4 Å². The summed E-state index contributed by atoms with van der Waals surface area (Å²) in [5.41, 5.74) is 1.91. The number of nitrogens with zero attached hydrogens (tertiary/aromatic N) is 5. The SMILES string of the molecule is O=C(Cn1nnc(-c2ccccc2)n1)NCCCc1nc2ccccc2s1. The highest BCUT2D eigenvalue weighted by Gasteiger charge is 2.09. The molecule has 7 nitrogen and oxygen atoms in total. The zero-order valence-electron chi connectivity index (χ0n) is 14.6.